The average Bonchev–Trinajstić information content (AvgIpc) is 2.54. The molecule has 0 saturated carbocycles. The fourth-order valence-electron chi connectivity index (χ4n) is 2.35. The molecule has 0 unspecified atom stereocenters. The van der Waals surface area contributed by atoms with Crippen LogP contribution in [-0.4, -0.2) is 22.5 Å². The van der Waals surface area contributed by atoms with Crippen LogP contribution in [0.25, 0.3) is 0 Å². The molecule has 3 N–H and O–H groups in total. The monoisotopic (exact) mass is 298 g/mol. The molecule has 0 saturated heterocycles. The van der Waals surface area contributed by atoms with Crippen molar-refractivity contribution in [1.82, 2.24) is 4.90 Å². The average molecular weight is 298 g/mol. The third-order valence-corrected chi connectivity index (χ3v) is 3.67. The zero-order chi connectivity index (χ0) is 15.9. The largest absolute Gasteiger partial charge is 0.506 e. The first-order chi connectivity index (χ1) is 10.6. The first-order valence-corrected chi connectivity index (χ1v) is 7.49. The number of amides is 1. The van der Waals surface area contributed by atoms with Crippen LogP contribution in [0.5, 0.6) is 5.75 Å². The van der Waals surface area contributed by atoms with Crippen molar-refractivity contribution in [2.45, 2.75) is 26.3 Å². The standard InChI is InChI=1S/C18H22N2O2/c1-2-20(13-15-6-4-3-5-7-15)18(22)11-9-14-8-10-17(21)16(19)12-14/h3-8,10,12,21H,2,9,11,13,19H2,1H3. The van der Waals surface area contributed by atoms with E-state index >= 15 is 0 Å². The van der Waals surface area contributed by atoms with Gasteiger partial charge in [-0.05, 0) is 36.6 Å². The number of nitrogens with zero attached hydrogens (tertiary/aromatic N) is 1. The van der Waals surface area contributed by atoms with E-state index < -0.39 is 0 Å². The number of anilines is 1. The van der Waals surface area contributed by atoms with Crippen molar-refractivity contribution >= 4 is 11.6 Å². The van der Waals surface area contributed by atoms with Crippen LogP contribution in [0, 0.1) is 0 Å². The Morgan fingerprint density at radius 1 is 1.14 bits per heavy atom. The number of hydrogen-bond donors (Lipinski definition) is 2. The van der Waals surface area contributed by atoms with Gasteiger partial charge in [0.1, 0.15) is 5.75 Å². The number of phenols is 1. The van der Waals surface area contributed by atoms with Gasteiger partial charge in [-0.1, -0.05) is 36.4 Å². The van der Waals surface area contributed by atoms with Crippen molar-refractivity contribution in [3.63, 3.8) is 0 Å². The lowest BCUT2D eigenvalue weighted by molar-refractivity contribution is -0.131. The maximum Gasteiger partial charge on any atom is 0.223 e. The van der Waals surface area contributed by atoms with Gasteiger partial charge in [0.05, 0.1) is 5.69 Å². The van der Waals surface area contributed by atoms with E-state index in [-0.39, 0.29) is 11.7 Å². The molecular formula is C18H22N2O2. The predicted octanol–water partition coefficient (Wildman–Crippen LogP) is 2.96. The summed E-state index contributed by atoms with van der Waals surface area (Å²) in [6.07, 6.45) is 1.06. The SMILES string of the molecule is CCN(Cc1ccccc1)C(=O)CCc1ccc(O)c(N)c1. The molecule has 4 nitrogen and oxygen atoms in total. The molecule has 0 atom stereocenters. The number of carbonyl (C=O) groups excluding carboxylic acids is 1. The normalized spacial score (nSPS) is 10.4. The molecule has 2 aromatic carbocycles. The van der Waals surface area contributed by atoms with Gasteiger partial charge in [0.2, 0.25) is 5.91 Å². The van der Waals surface area contributed by atoms with Gasteiger partial charge in [-0.3, -0.25) is 4.79 Å². The molecule has 4 heteroatoms. The molecule has 0 aromatic heterocycles. The molecule has 0 heterocycles. The van der Waals surface area contributed by atoms with Gasteiger partial charge in [-0.25, -0.2) is 0 Å². The van der Waals surface area contributed by atoms with E-state index in [1.165, 1.54) is 0 Å². The van der Waals surface area contributed by atoms with Crippen LogP contribution >= 0.6 is 0 Å². The summed E-state index contributed by atoms with van der Waals surface area (Å²) < 4.78 is 0. The van der Waals surface area contributed by atoms with E-state index in [1.807, 2.05) is 42.2 Å². The molecule has 2 rings (SSSR count). The van der Waals surface area contributed by atoms with E-state index in [1.54, 1.807) is 18.2 Å². The van der Waals surface area contributed by atoms with Crippen molar-refractivity contribution in [2.24, 2.45) is 0 Å². The van der Waals surface area contributed by atoms with Gasteiger partial charge in [-0.15, -0.1) is 0 Å². The Morgan fingerprint density at radius 2 is 1.86 bits per heavy atom. The third-order valence-electron chi connectivity index (χ3n) is 3.67. The quantitative estimate of drug-likeness (QED) is 0.636. The molecule has 0 aliphatic rings. The second-order valence-electron chi connectivity index (χ2n) is 5.29. The first-order valence-electron chi connectivity index (χ1n) is 7.49. The summed E-state index contributed by atoms with van der Waals surface area (Å²) in [5.41, 5.74) is 8.11. The fourth-order valence-corrected chi connectivity index (χ4v) is 2.35. The molecule has 0 fully saturated rings. The number of carbonyl (C=O) groups is 1. The maximum absolute atomic E-state index is 12.3. The van der Waals surface area contributed by atoms with Crippen molar-refractivity contribution in [2.75, 3.05) is 12.3 Å². The highest BCUT2D eigenvalue weighted by molar-refractivity contribution is 5.76. The smallest absolute Gasteiger partial charge is 0.223 e. The Hall–Kier alpha value is -2.49. The minimum Gasteiger partial charge on any atom is -0.506 e. The van der Waals surface area contributed by atoms with Gasteiger partial charge in [0, 0.05) is 19.5 Å². The molecule has 0 bridgehead atoms. The molecule has 116 valence electrons. The van der Waals surface area contributed by atoms with Crippen LogP contribution in [0.2, 0.25) is 0 Å². The van der Waals surface area contributed by atoms with Crippen molar-refractivity contribution < 1.29 is 9.90 Å². The summed E-state index contributed by atoms with van der Waals surface area (Å²) in [4.78, 5) is 14.2. The third kappa shape index (κ3) is 4.25. The summed E-state index contributed by atoms with van der Waals surface area (Å²) in [5, 5.41) is 9.41. The van der Waals surface area contributed by atoms with Crippen LogP contribution in [0.4, 0.5) is 5.69 Å². The van der Waals surface area contributed by atoms with Crippen molar-refractivity contribution in [3.8, 4) is 5.75 Å². The zero-order valence-corrected chi connectivity index (χ0v) is 12.8. The molecular weight excluding hydrogens is 276 g/mol. The summed E-state index contributed by atoms with van der Waals surface area (Å²) >= 11 is 0. The second-order valence-corrected chi connectivity index (χ2v) is 5.29. The van der Waals surface area contributed by atoms with Crippen LogP contribution in [0.1, 0.15) is 24.5 Å². The Morgan fingerprint density at radius 3 is 2.50 bits per heavy atom. The number of hydrogen-bond acceptors (Lipinski definition) is 3. The molecule has 22 heavy (non-hydrogen) atoms. The zero-order valence-electron chi connectivity index (χ0n) is 12.8. The summed E-state index contributed by atoms with van der Waals surface area (Å²) in [5.74, 6) is 0.201. The van der Waals surface area contributed by atoms with Gasteiger partial charge in [0.25, 0.3) is 0 Å². The number of phenolic OH excluding ortho intramolecular Hbond substituents is 1. The molecule has 2 aromatic rings. The lowest BCUT2D eigenvalue weighted by Gasteiger charge is -2.21. The molecule has 0 aliphatic heterocycles. The number of rotatable bonds is 6. The van der Waals surface area contributed by atoms with Gasteiger partial charge >= 0.3 is 0 Å². The van der Waals surface area contributed by atoms with E-state index in [4.69, 9.17) is 5.73 Å². The minimum atomic E-state index is 0.0781. The number of aryl methyl sites for hydroxylation is 1. The molecule has 1 amide bonds. The number of aromatic hydroxyl groups is 1. The summed E-state index contributed by atoms with van der Waals surface area (Å²) in [6.45, 7) is 3.30. The van der Waals surface area contributed by atoms with Gasteiger partial charge < -0.3 is 15.7 Å². The summed E-state index contributed by atoms with van der Waals surface area (Å²) in [6, 6.07) is 15.1. The van der Waals surface area contributed by atoms with Gasteiger partial charge in [0.15, 0.2) is 0 Å². The summed E-state index contributed by atoms with van der Waals surface area (Å²) in [7, 11) is 0. The van der Waals surface area contributed by atoms with E-state index in [0.29, 0.717) is 31.6 Å². The van der Waals surface area contributed by atoms with E-state index in [0.717, 1.165) is 11.1 Å². The lowest BCUT2D eigenvalue weighted by Crippen LogP contribution is -2.30. The first kappa shape index (κ1) is 15.9. The Labute approximate surface area is 131 Å². The molecule has 0 spiro atoms. The van der Waals surface area contributed by atoms with Crippen molar-refractivity contribution in [1.29, 1.82) is 0 Å². The van der Waals surface area contributed by atoms with Gasteiger partial charge in [-0.2, -0.15) is 0 Å². The minimum absolute atomic E-state index is 0.0781. The van der Waals surface area contributed by atoms with Crippen molar-refractivity contribution in [3.05, 3.63) is 59.7 Å². The molecule has 0 aliphatic carbocycles. The predicted molar refractivity (Wildman–Crippen MR) is 88.4 cm³/mol. The van der Waals surface area contributed by atoms with E-state index in [2.05, 4.69) is 0 Å². The number of nitrogen functional groups attached to an aromatic ring is 1. The topological polar surface area (TPSA) is 66.6 Å². The van der Waals surface area contributed by atoms with Crippen LogP contribution in [0.15, 0.2) is 48.5 Å². The highest BCUT2D eigenvalue weighted by Crippen LogP contribution is 2.21. The number of nitrogens with two attached hydrogens (primary N) is 1. The highest BCUT2D eigenvalue weighted by atomic mass is 16.3. The highest BCUT2D eigenvalue weighted by Gasteiger charge is 2.12. The maximum atomic E-state index is 12.3. The van der Waals surface area contributed by atoms with Crippen LogP contribution in [-0.2, 0) is 17.8 Å². The lowest BCUT2D eigenvalue weighted by atomic mass is 10.1. The Bertz CT molecular complexity index is 626. The Balaban J connectivity index is 1.93. The number of benzene rings is 2. The second kappa shape index (κ2) is 7.50. The van der Waals surface area contributed by atoms with Crippen LogP contribution in [0.3, 0.4) is 0 Å². The molecule has 0 radical (unpaired) electrons. The Kier molecular flexibility index (Phi) is 5.42. The van der Waals surface area contributed by atoms with Crippen LogP contribution < -0.4 is 5.73 Å². The van der Waals surface area contributed by atoms with E-state index in [9.17, 15) is 9.90 Å². The fraction of sp³-hybridized carbons (Fsp3) is 0.278.